The Labute approximate surface area is 174 Å². The van der Waals surface area contributed by atoms with Crippen molar-refractivity contribution in [2.24, 2.45) is 0 Å². The van der Waals surface area contributed by atoms with Crippen LogP contribution in [-0.4, -0.2) is 15.6 Å². The number of aromatic nitrogens is 2. The lowest BCUT2D eigenvalue weighted by Gasteiger charge is -2.08. The smallest absolute Gasteiger partial charge is 0.185 e. The minimum Gasteiger partial charge on any atom is -0.289 e. The van der Waals surface area contributed by atoms with Crippen LogP contribution in [0.1, 0.15) is 21.6 Å². The summed E-state index contributed by atoms with van der Waals surface area (Å²) in [6.07, 6.45) is 3.51. The fourth-order valence-electron chi connectivity index (χ4n) is 3.01. The largest absolute Gasteiger partial charge is 0.289 e. The van der Waals surface area contributed by atoms with Crippen LogP contribution >= 0.6 is 11.8 Å². The van der Waals surface area contributed by atoms with Crippen molar-refractivity contribution in [2.45, 2.75) is 16.8 Å². The molecule has 0 fully saturated rings. The molecule has 4 rings (SSSR count). The van der Waals surface area contributed by atoms with Crippen molar-refractivity contribution in [3.63, 3.8) is 0 Å². The maximum atomic E-state index is 12.6. The van der Waals surface area contributed by atoms with E-state index >= 15 is 0 Å². The third-order valence-corrected chi connectivity index (χ3v) is 5.57. The van der Waals surface area contributed by atoms with Crippen molar-refractivity contribution in [3.8, 4) is 5.69 Å². The van der Waals surface area contributed by atoms with Gasteiger partial charge in [-0.3, -0.25) is 4.79 Å². The van der Waals surface area contributed by atoms with Crippen LogP contribution in [0.5, 0.6) is 0 Å². The summed E-state index contributed by atoms with van der Waals surface area (Å²) in [7, 11) is 0. The molecule has 0 saturated carbocycles. The second-order valence-electron chi connectivity index (χ2n) is 6.53. The molecule has 0 aliphatic carbocycles. The second kappa shape index (κ2) is 8.76. The van der Waals surface area contributed by atoms with E-state index in [1.807, 2.05) is 96.5 Å². The molecule has 0 spiro atoms. The van der Waals surface area contributed by atoms with Gasteiger partial charge in [-0.15, -0.1) is 0 Å². The Morgan fingerprint density at radius 1 is 0.862 bits per heavy atom. The fourth-order valence-corrected chi connectivity index (χ4v) is 4.09. The van der Waals surface area contributed by atoms with Crippen molar-refractivity contribution in [3.05, 3.63) is 114 Å². The molecule has 1 aromatic heterocycles. The van der Waals surface area contributed by atoms with Crippen molar-refractivity contribution in [1.29, 1.82) is 0 Å². The fraction of sp³-hybridized carbons (Fsp3) is 0.0400. The number of aryl methyl sites for hydroxylation is 1. The van der Waals surface area contributed by atoms with Gasteiger partial charge in [0.2, 0.25) is 0 Å². The first-order valence-corrected chi connectivity index (χ1v) is 10.2. The molecule has 0 N–H and O–H groups in total. The molecule has 4 heteroatoms. The lowest BCUT2D eigenvalue weighted by atomic mass is 10.1. The molecule has 0 bridgehead atoms. The van der Waals surface area contributed by atoms with E-state index in [2.05, 4.69) is 12.1 Å². The van der Waals surface area contributed by atoms with Crippen LogP contribution in [0.4, 0.5) is 0 Å². The topological polar surface area (TPSA) is 34.9 Å². The predicted molar refractivity (Wildman–Crippen MR) is 119 cm³/mol. The minimum absolute atomic E-state index is 0.0203. The molecule has 0 radical (unpaired) electrons. The highest BCUT2D eigenvalue weighted by molar-refractivity contribution is 7.99. The van der Waals surface area contributed by atoms with Crippen LogP contribution in [0.15, 0.2) is 107 Å². The first kappa shape index (κ1) is 19.0. The Morgan fingerprint density at radius 2 is 1.45 bits per heavy atom. The van der Waals surface area contributed by atoms with Gasteiger partial charge in [0, 0.05) is 16.0 Å². The van der Waals surface area contributed by atoms with Crippen molar-refractivity contribution < 1.29 is 4.79 Å². The second-order valence-corrected chi connectivity index (χ2v) is 7.59. The molecule has 142 valence electrons. The zero-order valence-corrected chi connectivity index (χ0v) is 16.8. The van der Waals surface area contributed by atoms with Gasteiger partial charge in [-0.05, 0) is 43.3 Å². The number of hydrogen-bond acceptors (Lipinski definition) is 3. The maximum absolute atomic E-state index is 12.6. The van der Waals surface area contributed by atoms with Crippen LogP contribution in [-0.2, 0) is 0 Å². The van der Waals surface area contributed by atoms with Crippen molar-refractivity contribution >= 4 is 23.6 Å². The molecular weight excluding hydrogens is 376 g/mol. The molecule has 0 atom stereocenters. The van der Waals surface area contributed by atoms with E-state index in [9.17, 15) is 4.79 Å². The van der Waals surface area contributed by atoms with Crippen LogP contribution in [0, 0.1) is 6.92 Å². The molecule has 0 unspecified atom stereocenters. The lowest BCUT2D eigenvalue weighted by molar-refractivity contribution is 0.104. The average molecular weight is 397 g/mol. The molecule has 0 saturated heterocycles. The average Bonchev–Trinajstić information content (AvgIpc) is 3.09. The molecule has 3 aromatic carbocycles. The SMILES string of the molecule is Cc1nn(-c2ccccc2)c(Sc2ccccc2)c1/C=C/C(=O)c1ccccc1. The summed E-state index contributed by atoms with van der Waals surface area (Å²) < 4.78 is 1.94. The Kier molecular flexibility index (Phi) is 5.73. The van der Waals surface area contributed by atoms with Crippen LogP contribution in [0.2, 0.25) is 0 Å². The van der Waals surface area contributed by atoms with Gasteiger partial charge in [0.25, 0.3) is 0 Å². The standard InChI is InChI=1S/C25H20N2OS/c1-19-23(17-18-24(28)20-11-5-2-6-12-20)25(29-22-15-9-4-10-16-22)27(26-19)21-13-7-3-8-14-21/h2-18H,1H3/b18-17+. The van der Waals surface area contributed by atoms with Gasteiger partial charge in [0.05, 0.1) is 11.4 Å². The number of rotatable bonds is 6. The van der Waals surface area contributed by atoms with Gasteiger partial charge < -0.3 is 0 Å². The predicted octanol–water partition coefficient (Wildman–Crippen LogP) is 6.23. The molecule has 1 heterocycles. The first-order chi connectivity index (χ1) is 14.2. The monoisotopic (exact) mass is 396 g/mol. The maximum Gasteiger partial charge on any atom is 0.185 e. The van der Waals surface area contributed by atoms with Gasteiger partial charge in [-0.2, -0.15) is 5.10 Å². The summed E-state index contributed by atoms with van der Waals surface area (Å²) in [5.41, 5.74) is 3.49. The Balaban J connectivity index is 1.75. The summed E-state index contributed by atoms with van der Waals surface area (Å²) in [5, 5.41) is 5.74. The number of allylic oxidation sites excluding steroid dienone is 1. The summed E-state index contributed by atoms with van der Waals surface area (Å²) in [4.78, 5) is 13.7. The number of carbonyl (C=O) groups is 1. The lowest BCUT2D eigenvalue weighted by Crippen LogP contribution is -1.98. The highest BCUT2D eigenvalue weighted by Gasteiger charge is 2.16. The van der Waals surface area contributed by atoms with Crippen molar-refractivity contribution in [1.82, 2.24) is 9.78 Å². The van der Waals surface area contributed by atoms with Gasteiger partial charge in [0.1, 0.15) is 5.03 Å². The Morgan fingerprint density at radius 3 is 2.10 bits per heavy atom. The van der Waals surface area contributed by atoms with E-state index in [1.54, 1.807) is 17.8 Å². The minimum atomic E-state index is -0.0203. The normalized spacial score (nSPS) is 11.1. The number of nitrogens with zero attached hydrogens (tertiary/aromatic N) is 2. The molecule has 0 aliphatic rings. The van der Waals surface area contributed by atoms with Gasteiger partial charge in [0.15, 0.2) is 5.78 Å². The van der Waals surface area contributed by atoms with E-state index in [0.29, 0.717) is 5.56 Å². The third-order valence-electron chi connectivity index (χ3n) is 4.48. The molecule has 4 aromatic rings. The third kappa shape index (κ3) is 4.39. The van der Waals surface area contributed by atoms with Crippen LogP contribution < -0.4 is 0 Å². The summed E-state index contributed by atoms with van der Waals surface area (Å²) in [6, 6.07) is 29.5. The molecule has 0 amide bonds. The Hall–Kier alpha value is -3.37. The van der Waals surface area contributed by atoms with E-state index in [0.717, 1.165) is 26.9 Å². The number of ketones is 1. The number of para-hydroxylation sites is 1. The number of benzene rings is 3. The van der Waals surface area contributed by atoms with Gasteiger partial charge >= 0.3 is 0 Å². The first-order valence-electron chi connectivity index (χ1n) is 9.38. The molecule has 0 aliphatic heterocycles. The van der Waals surface area contributed by atoms with Gasteiger partial charge in [-0.1, -0.05) is 78.5 Å². The van der Waals surface area contributed by atoms with E-state index in [-0.39, 0.29) is 5.78 Å². The molecular formula is C25H20N2OS. The zero-order chi connectivity index (χ0) is 20.1. The number of hydrogen-bond donors (Lipinski definition) is 0. The highest BCUT2D eigenvalue weighted by Crippen LogP contribution is 2.34. The molecule has 3 nitrogen and oxygen atoms in total. The van der Waals surface area contributed by atoms with E-state index in [4.69, 9.17) is 5.10 Å². The number of carbonyl (C=O) groups excluding carboxylic acids is 1. The highest BCUT2D eigenvalue weighted by atomic mass is 32.2. The summed E-state index contributed by atoms with van der Waals surface area (Å²) >= 11 is 1.64. The van der Waals surface area contributed by atoms with E-state index in [1.165, 1.54) is 0 Å². The summed E-state index contributed by atoms with van der Waals surface area (Å²) in [6.45, 7) is 1.97. The van der Waals surface area contributed by atoms with Crippen LogP contribution in [0.25, 0.3) is 11.8 Å². The van der Waals surface area contributed by atoms with Crippen LogP contribution in [0.3, 0.4) is 0 Å². The van der Waals surface area contributed by atoms with Gasteiger partial charge in [-0.25, -0.2) is 4.68 Å². The zero-order valence-electron chi connectivity index (χ0n) is 16.0. The Bertz CT molecular complexity index is 1130. The van der Waals surface area contributed by atoms with Crippen molar-refractivity contribution in [2.75, 3.05) is 0 Å². The quantitative estimate of drug-likeness (QED) is 0.286. The van der Waals surface area contributed by atoms with E-state index < -0.39 is 0 Å². The molecule has 29 heavy (non-hydrogen) atoms. The summed E-state index contributed by atoms with van der Waals surface area (Å²) in [5.74, 6) is -0.0203.